The molecule has 0 heterocycles. The molecule has 0 atom stereocenters. The molecule has 0 saturated heterocycles. The molecule has 0 saturated carbocycles. The summed E-state index contributed by atoms with van der Waals surface area (Å²) >= 11 is 0. The summed E-state index contributed by atoms with van der Waals surface area (Å²) in [6, 6.07) is 8.42. The number of primary amides is 1. The molecule has 116 valence electrons. The first-order valence-electron chi connectivity index (χ1n) is 6.10. The lowest BCUT2D eigenvalue weighted by Gasteiger charge is -2.12. The van der Waals surface area contributed by atoms with E-state index in [1.165, 1.54) is 25.3 Å². The molecule has 2 rings (SSSR count). The Kier molecular flexibility index (Phi) is 4.32. The first-order valence-corrected chi connectivity index (χ1v) is 7.58. The fourth-order valence-corrected chi connectivity index (χ4v) is 2.82. The summed E-state index contributed by atoms with van der Waals surface area (Å²) in [5, 5.41) is 0. The Balaban J connectivity index is 2.42. The maximum absolute atomic E-state index is 12.9. The summed E-state index contributed by atoms with van der Waals surface area (Å²) in [6.45, 7) is 0. The quantitative estimate of drug-likeness (QED) is 0.875. The van der Waals surface area contributed by atoms with Gasteiger partial charge in [-0.15, -0.1) is 0 Å². The van der Waals surface area contributed by atoms with Gasteiger partial charge < -0.3 is 10.5 Å². The van der Waals surface area contributed by atoms with Gasteiger partial charge in [0.05, 0.1) is 17.7 Å². The Labute approximate surface area is 126 Å². The van der Waals surface area contributed by atoms with Crippen molar-refractivity contribution in [2.24, 2.45) is 5.73 Å². The third kappa shape index (κ3) is 3.34. The molecule has 0 radical (unpaired) electrons. The van der Waals surface area contributed by atoms with Crippen LogP contribution in [0.15, 0.2) is 47.4 Å². The molecule has 2 aromatic carbocycles. The van der Waals surface area contributed by atoms with Crippen LogP contribution in [0, 0.1) is 5.82 Å². The molecule has 0 unspecified atom stereocenters. The number of rotatable bonds is 5. The Morgan fingerprint density at radius 2 is 1.82 bits per heavy atom. The third-order valence-electron chi connectivity index (χ3n) is 2.85. The van der Waals surface area contributed by atoms with E-state index in [0.717, 1.165) is 24.3 Å². The second-order valence-corrected chi connectivity index (χ2v) is 6.02. The largest absolute Gasteiger partial charge is 0.495 e. The zero-order chi connectivity index (χ0) is 16.3. The third-order valence-corrected chi connectivity index (χ3v) is 4.23. The van der Waals surface area contributed by atoms with Gasteiger partial charge in [-0.3, -0.25) is 9.52 Å². The van der Waals surface area contributed by atoms with Crippen LogP contribution in [0.5, 0.6) is 5.75 Å². The SMILES string of the molecule is COc1ccc(C(N)=O)cc1NS(=O)(=O)c1ccc(F)cc1. The predicted octanol–water partition coefficient (Wildman–Crippen LogP) is 1.73. The molecule has 0 aliphatic carbocycles. The van der Waals surface area contributed by atoms with Gasteiger partial charge in [0.15, 0.2) is 0 Å². The van der Waals surface area contributed by atoms with Crippen molar-refractivity contribution in [1.82, 2.24) is 0 Å². The smallest absolute Gasteiger partial charge is 0.262 e. The van der Waals surface area contributed by atoms with E-state index in [1.54, 1.807) is 0 Å². The summed E-state index contributed by atoms with van der Waals surface area (Å²) in [4.78, 5) is 11.1. The number of halogens is 1. The number of hydrogen-bond donors (Lipinski definition) is 2. The number of carbonyl (C=O) groups excluding carboxylic acids is 1. The second-order valence-electron chi connectivity index (χ2n) is 4.34. The van der Waals surface area contributed by atoms with Gasteiger partial charge >= 0.3 is 0 Å². The van der Waals surface area contributed by atoms with Crippen LogP contribution in [0.2, 0.25) is 0 Å². The zero-order valence-corrected chi connectivity index (χ0v) is 12.4. The average molecular weight is 324 g/mol. The minimum Gasteiger partial charge on any atom is -0.495 e. The summed E-state index contributed by atoms with van der Waals surface area (Å²) in [6.07, 6.45) is 0. The van der Waals surface area contributed by atoms with Gasteiger partial charge in [-0.05, 0) is 42.5 Å². The number of carbonyl (C=O) groups is 1. The average Bonchev–Trinajstić information content (AvgIpc) is 2.47. The molecule has 0 aromatic heterocycles. The Bertz CT molecular complexity index is 804. The lowest BCUT2D eigenvalue weighted by Crippen LogP contribution is -2.15. The van der Waals surface area contributed by atoms with Crippen molar-refractivity contribution in [3.05, 3.63) is 53.8 Å². The van der Waals surface area contributed by atoms with E-state index in [4.69, 9.17) is 10.5 Å². The fraction of sp³-hybridized carbons (Fsp3) is 0.0714. The van der Waals surface area contributed by atoms with Crippen LogP contribution in [-0.4, -0.2) is 21.4 Å². The second kappa shape index (κ2) is 6.02. The zero-order valence-electron chi connectivity index (χ0n) is 11.5. The molecular formula is C14H13FN2O4S. The van der Waals surface area contributed by atoms with Crippen molar-refractivity contribution in [1.29, 1.82) is 0 Å². The summed E-state index contributed by atoms with van der Waals surface area (Å²) < 4.78 is 44.7. The number of hydrogen-bond acceptors (Lipinski definition) is 4. The highest BCUT2D eigenvalue weighted by Gasteiger charge is 2.17. The van der Waals surface area contributed by atoms with E-state index >= 15 is 0 Å². The normalized spacial score (nSPS) is 11.0. The highest BCUT2D eigenvalue weighted by atomic mass is 32.2. The van der Waals surface area contributed by atoms with Crippen molar-refractivity contribution >= 4 is 21.6 Å². The standard InChI is InChI=1S/C14H13FN2O4S/c1-21-13-7-2-9(14(16)18)8-12(13)17-22(19,20)11-5-3-10(15)4-6-11/h2-8,17H,1H3,(H2,16,18). The number of amides is 1. The maximum Gasteiger partial charge on any atom is 0.262 e. The maximum atomic E-state index is 12.9. The molecule has 22 heavy (non-hydrogen) atoms. The van der Waals surface area contributed by atoms with E-state index in [9.17, 15) is 17.6 Å². The minimum absolute atomic E-state index is 0.0584. The van der Waals surface area contributed by atoms with Crippen molar-refractivity contribution in [3.63, 3.8) is 0 Å². The van der Waals surface area contributed by atoms with E-state index in [2.05, 4.69) is 4.72 Å². The molecule has 3 N–H and O–H groups in total. The molecule has 8 heteroatoms. The van der Waals surface area contributed by atoms with Crippen molar-refractivity contribution < 1.29 is 22.3 Å². The molecule has 0 spiro atoms. The van der Waals surface area contributed by atoms with Gasteiger partial charge in [-0.2, -0.15) is 0 Å². The molecular weight excluding hydrogens is 311 g/mol. The molecule has 6 nitrogen and oxygen atoms in total. The van der Waals surface area contributed by atoms with Crippen molar-refractivity contribution in [2.75, 3.05) is 11.8 Å². The Morgan fingerprint density at radius 1 is 1.18 bits per heavy atom. The molecule has 0 bridgehead atoms. The first-order chi connectivity index (χ1) is 10.3. The molecule has 0 aliphatic rings. The van der Waals surface area contributed by atoms with Crippen LogP contribution in [0.3, 0.4) is 0 Å². The summed E-state index contributed by atoms with van der Waals surface area (Å²) in [5.41, 5.74) is 5.35. The van der Waals surface area contributed by atoms with Crippen LogP contribution >= 0.6 is 0 Å². The van der Waals surface area contributed by atoms with Crippen LogP contribution < -0.4 is 15.2 Å². The Morgan fingerprint density at radius 3 is 2.36 bits per heavy atom. The van der Waals surface area contributed by atoms with E-state index in [0.29, 0.717) is 0 Å². The predicted molar refractivity (Wildman–Crippen MR) is 78.7 cm³/mol. The number of sulfonamides is 1. The van der Waals surface area contributed by atoms with Gasteiger partial charge in [0.2, 0.25) is 5.91 Å². The molecule has 0 fully saturated rings. The van der Waals surface area contributed by atoms with Gasteiger partial charge in [0.1, 0.15) is 11.6 Å². The number of anilines is 1. The van der Waals surface area contributed by atoms with E-state index < -0.39 is 21.7 Å². The molecule has 2 aromatic rings. The number of methoxy groups -OCH3 is 1. The van der Waals surface area contributed by atoms with Gasteiger partial charge in [0, 0.05) is 5.56 Å². The minimum atomic E-state index is -3.95. The van der Waals surface area contributed by atoms with E-state index in [1.807, 2.05) is 0 Å². The number of nitrogens with one attached hydrogen (secondary N) is 1. The van der Waals surface area contributed by atoms with Gasteiger partial charge in [-0.25, -0.2) is 12.8 Å². The van der Waals surface area contributed by atoms with Crippen LogP contribution in [0.1, 0.15) is 10.4 Å². The summed E-state index contributed by atoms with van der Waals surface area (Å²) in [7, 11) is -2.60. The van der Waals surface area contributed by atoms with Crippen LogP contribution in [0.4, 0.5) is 10.1 Å². The lowest BCUT2D eigenvalue weighted by atomic mass is 10.2. The van der Waals surface area contributed by atoms with Gasteiger partial charge in [0.25, 0.3) is 10.0 Å². The summed E-state index contributed by atoms with van der Waals surface area (Å²) in [5.74, 6) is -1.03. The number of nitrogens with two attached hydrogens (primary N) is 1. The fourth-order valence-electron chi connectivity index (χ4n) is 1.76. The van der Waals surface area contributed by atoms with Crippen LogP contribution in [-0.2, 0) is 10.0 Å². The highest BCUT2D eigenvalue weighted by Crippen LogP contribution is 2.28. The lowest BCUT2D eigenvalue weighted by molar-refractivity contribution is 0.100. The first kappa shape index (κ1) is 15.8. The molecule has 1 amide bonds. The number of benzene rings is 2. The Hall–Kier alpha value is -2.61. The molecule has 0 aliphatic heterocycles. The topological polar surface area (TPSA) is 98.5 Å². The van der Waals surface area contributed by atoms with Crippen molar-refractivity contribution in [2.45, 2.75) is 4.90 Å². The van der Waals surface area contributed by atoms with Gasteiger partial charge in [-0.1, -0.05) is 0 Å². The van der Waals surface area contributed by atoms with E-state index in [-0.39, 0.29) is 21.9 Å². The number of ether oxygens (including phenoxy) is 1. The van der Waals surface area contributed by atoms with Crippen LogP contribution in [0.25, 0.3) is 0 Å². The monoisotopic (exact) mass is 324 g/mol. The highest BCUT2D eigenvalue weighted by molar-refractivity contribution is 7.92. The van der Waals surface area contributed by atoms with Crippen molar-refractivity contribution in [3.8, 4) is 5.75 Å².